The maximum atomic E-state index is 13.1. The highest BCUT2D eigenvalue weighted by atomic mass is 35.5. The average molecular weight is 446 g/mol. The van der Waals surface area contributed by atoms with E-state index in [1.54, 1.807) is 29.7 Å². The average Bonchev–Trinajstić information content (AvgIpc) is 2.68. The first-order valence-corrected chi connectivity index (χ1v) is 10.1. The van der Waals surface area contributed by atoms with Gasteiger partial charge in [0.05, 0.1) is 4.90 Å². The Kier molecular flexibility index (Phi) is 7.08. The van der Waals surface area contributed by atoms with Crippen molar-refractivity contribution >= 4 is 39.9 Å². The minimum Gasteiger partial charge on any atom is -0.313 e. The lowest BCUT2D eigenvalue weighted by Gasteiger charge is -2.41. The fraction of sp³-hybridized carbons (Fsp3) is 0.278. The summed E-state index contributed by atoms with van der Waals surface area (Å²) in [5.74, 6) is -0.781. The zero-order valence-electron chi connectivity index (χ0n) is 15.1. The number of carbonyl (C=O) groups excluding carboxylic acids is 1. The molecule has 0 unspecified atom stereocenters. The molecule has 3 rings (SSSR count). The van der Waals surface area contributed by atoms with Gasteiger partial charge in [-0.25, -0.2) is 13.9 Å². The Morgan fingerprint density at radius 2 is 1.68 bits per heavy atom. The van der Waals surface area contributed by atoms with Crippen LogP contribution in [0.2, 0.25) is 5.02 Å². The van der Waals surface area contributed by atoms with Gasteiger partial charge >= 0.3 is 0 Å². The number of hydroxylamine groups is 1. The maximum absolute atomic E-state index is 13.1. The van der Waals surface area contributed by atoms with E-state index in [-0.39, 0.29) is 30.4 Å². The molecule has 1 fully saturated rings. The van der Waals surface area contributed by atoms with E-state index < -0.39 is 21.5 Å². The molecule has 0 spiro atoms. The third kappa shape index (κ3) is 4.17. The zero-order valence-corrected chi connectivity index (χ0v) is 17.4. The number of hydrogen-bond acceptors (Lipinski definition) is 5. The van der Waals surface area contributed by atoms with Crippen molar-refractivity contribution < 1.29 is 18.4 Å². The highest BCUT2D eigenvalue weighted by Crippen LogP contribution is 2.29. The molecule has 1 heterocycles. The van der Waals surface area contributed by atoms with Crippen LogP contribution in [0, 0.1) is 0 Å². The summed E-state index contributed by atoms with van der Waals surface area (Å²) >= 11 is 5.89. The highest BCUT2D eigenvalue weighted by molar-refractivity contribution is 7.89. The van der Waals surface area contributed by atoms with Gasteiger partial charge in [0.1, 0.15) is 5.54 Å². The fourth-order valence-corrected chi connectivity index (χ4v) is 5.01. The van der Waals surface area contributed by atoms with Crippen LogP contribution in [-0.4, -0.2) is 49.0 Å². The molecule has 1 saturated heterocycles. The molecular weight excluding hydrogens is 425 g/mol. The van der Waals surface area contributed by atoms with Gasteiger partial charge in [-0.05, 0) is 42.3 Å². The van der Waals surface area contributed by atoms with E-state index >= 15 is 0 Å². The van der Waals surface area contributed by atoms with Crippen molar-refractivity contribution in [2.45, 2.75) is 17.4 Å². The predicted molar refractivity (Wildman–Crippen MR) is 109 cm³/mol. The number of amides is 1. The van der Waals surface area contributed by atoms with Crippen LogP contribution >= 0.6 is 24.0 Å². The van der Waals surface area contributed by atoms with Crippen molar-refractivity contribution in [1.29, 1.82) is 0 Å². The molecule has 152 valence electrons. The van der Waals surface area contributed by atoms with E-state index in [0.717, 1.165) is 15.4 Å². The summed E-state index contributed by atoms with van der Waals surface area (Å²) in [5, 5.41) is 12.6. The third-order valence-electron chi connectivity index (χ3n) is 4.72. The molecule has 0 aromatic heterocycles. The molecule has 1 atom stereocenters. The van der Waals surface area contributed by atoms with Crippen molar-refractivity contribution in [3.8, 4) is 11.1 Å². The summed E-state index contributed by atoms with van der Waals surface area (Å²) in [7, 11) is -3.93. The second-order valence-corrected chi connectivity index (χ2v) is 8.80. The van der Waals surface area contributed by atoms with Gasteiger partial charge in [-0.15, -0.1) is 12.4 Å². The fourth-order valence-electron chi connectivity index (χ4n) is 3.14. The lowest BCUT2D eigenvalue weighted by Crippen LogP contribution is -2.67. The van der Waals surface area contributed by atoms with E-state index in [4.69, 9.17) is 16.8 Å². The Bertz CT molecular complexity index is 936. The van der Waals surface area contributed by atoms with Crippen LogP contribution in [0.25, 0.3) is 11.1 Å². The molecule has 3 N–H and O–H groups in total. The minimum atomic E-state index is -3.93. The quantitative estimate of drug-likeness (QED) is 0.495. The van der Waals surface area contributed by atoms with Crippen LogP contribution in [0.4, 0.5) is 0 Å². The van der Waals surface area contributed by atoms with Gasteiger partial charge in [-0.2, -0.15) is 4.31 Å². The monoisotopic (exact) mass is 445 g/mol. The SMILES string of the molecule is C[C@]1(C(=O)NO)CNCCN1S(=O)(=O)c1ccc(-c2ccc(Cl)cc2)cc1.Cl. The lowest BCUT2D eigenvalue weighted by molar-refractivity contribution is -0.139. The number of carbonyl (C=O) groups is 1. The molecule has 2 aromatic carbocycles. The van der Waals surface area contributed by atoms with Gasteiger partial charge in [0.2, 0.25) is 10.0 Å². The molecule has 1 amide bonds. The Balaban J connectivity index is 0.00000280. The molecule has 0 saturated carbocycles. The van der Waals surface area contributed by atoms with Crippen molar-refractivity contribution in [3.63, 3.8) is 0 Å². The van der Waals surface area contributed by atoms with Gasteiger partial charge in [0, 0.05) is 24.7 Å². The number of nitrogens with one attached hydrogen (secondary N) is 2. The molecule has 2 aromatic rings. The molecule has 1 aliphatic rings. The first kappa shape index (κ1) is 22.6. The first-order chi connectivity index (χ1) is 12.8. The van der Waals surface area contributed by atoms with E-state index in [0.29, 0.717) is 11.6 Å². The van der Waals surface area contributed by atoms with Crippen LogP contribution < -0.4 is 10.8 Å². The zero-order chi connectivity index (χ0) is 19.7. The Morgan fingerprint density at radius 3 is 2.21 bits per heavy atom. The summed E-state index contributed by atoms with van der Waals surface area (Å²) in [6.07, 6.45) is 0. The standard InChI is InChI=1S/C18H20ClN3O4S.ClH/c1-18(17(23)21-24)12-20-10-11-22(18)27(25,26)16-8-4-14(5-9-16)13-2-6-15(19)7-3-13;/h2-9,20,24H,10-12H2,1H3,(H,21,23);1H/t18-;/m1./s1. The largest absolute Gasteiger partial charge is 0.313 e. The number of hydrogen-bond donors (Lipinski definition) is 3. The van der Waals surface area contributed by atoms with Crippen LogP contribution in [0.15, 0.2) is 53.4 Å². The van der Waals surface area contributed by atoms with Gasteiger partial charge < -0.3 is 5.32 Å². The molecular formula is C18H21Cl2N3O4S. The van der Waals surface area contributed by atoms with E-state index in [1.165, 1.54) is 19.1 Å². The lowest BCUT2D eigenvalue weighted by atomic mass is 10.00. The van der Waals surface area contributed by atoms with Crippen molar-refractivity contribution in [2.24, 2.45) is 0 Å². The second kappa shape index (κ2) is 8.77. The molecule has 0 radical (unpaired) electrons. The normalized spacial score (nSPS) is 20.2. The molecule has 7 nitrogen and oxygen atoms in total. The van der Waals surface area contributed by atoms with Gasteiger partial charge in [0.25, 0.3) is 5.91 Å². The van der Waals surface area contributed by atoms with Gasteiger partial charge in [0.15, 0.2) is 0 Å². The van der Waals surface area contributed by atoms with Crippen molar-refractivity contribution in [3.05, 3.63) is 53.6 Å². The summed E-state index contributed by atoms with van der Waals surface area (Å²) in [4.78, 5) is 12.2. The molecule has 0 aliphatic carbocycles. The van der Waals surface area contributed by atoms with Crippen molar-refractivity contribution in [1.82, 2.24) is 15.1 Å². The Morgan fingerprint density at radius 1 is 1.14 bits per heavy atom. The summed E-state index contributed by atoms with van der Waals surface area (Å²) in [5.41, 5.74) is 1.90. The maximum Gasteiger partial charge on any atom is 0.265 e. The predicted octanol–water partition coefficient (Wildman–Crippen LogP) is 2.29. The Hall–Kier alpha value is -1.68. The van der Waals surface area contributed by atoms with Crippen molar-refractivity contribution in [2.75, 3.05) is 19.6 Å². The number of rotatable bonds is 4. The van der Waals surface area contributed by atoms with E-state index in [2.05, 4.69) is 5.32 Å². The minimum absolute atomic E-state index is 0. The van der Waals surface area contributed by atoms with E-state index in [9.17, 15) is 13.2 Å². The van der Waals surface area contributed by atoms with Crippen LogP contribution in [0.3, 0.4) is 0 Å². The number of piperazine rings is 1. The van der Waals surface area contributed by atoms with E-state index in [1.807, 2.05) is 12.1 Å². The molecule has 1 aliphatic heterocycles. The third-order valence-corrected chi connectivity index (χ3v) is 7.01. The van der Waals surface area contributed by atoms with Crippen LogP contribution in [0.5, 0.6) is 0 Å². The Labute approximate surface area is 175 Å². The number of nitrogens with zero attached hydrogens (tertiary/aromatic N) is 1. The summed E-state index contributed by atoms with van der Waals surface area (Å²) in [6, 6.07) is 13.7. The van der Waals surface area contributed by atoms with Crippen LogP contribution in [0.1, 0.15) is 6.92 Å². The highest BCUT2D eigenvalue weighted by Gasteiger charge is 2.47. The number of sulfonamides is 1. The van der Waals surface area contributed by atoms with Gasteiger partial charge in [-0.1, -0.05) is 35.9 Å². The second-order valence-electron chi connectivity index (χ2n) is 6.50. The topological polar surface area (TPSA) is 98.7 Å². The smallest absolute Gasteiger partial charge is 0.265 e. The molecule has 0 bridgehead atoms. The van der Waals surface area contributed by atoms with Gasteiger partial charge in [-0.3, -0.25) is 10.0 Å². The summed E-state index contributed by atoms with van der Waals surface area (Å²) in [6.45, 7) is 2.10. The van der Waals surface area contributed by atoms with Crippen LogP contribution in [-0.2, 0) is 14.8 Å². The number of halogens is 2. The molecule has 10 heteroatoms. The molecule has 28 heavy (non-hydrogen) atoms. The first-order valence-electron chi connectivity index (χ1n) is 8.33. The summed E-state index contributed by atoms with van der Waals surface area (Å²) < 4.78 is 27.4. The number of benzene rings is 2.